The second-order valence-electron chi connectivity index (χ2n) is 7.78. The lowest BCUT2D eigenvalue weighted by Gasteiger charge is -2.35. The van der Waals surface area contributed by atoms with Crippen LogP contribution in [-0.4, -0.2) is 47.0 Å². The normalized spacial score (nSPS) is 14.6. The first kappa shape index (κ1) is 21.1. The molecule has 1 aliphatic heterocycles. The standard InChI is InChI=1S/C24H26FN3O3/c1-17-22(18(2)31-26-17)15-27-11-13-28(14-12-27)24(29)21-5-3-4-6-23(21)30-16-19-7-9-20(25)10-8-19/h3-10H,11-16H2,1-2H3. The summed E-state index contributed by atoms with van der Waals surface area (Å²) in [6.45, 7) is 7.80. The molecule has 1 aliphatic rings. The Kier molecular flexibility index (Phi) is 6.32. The number of ether oxygens (including phenoxy) is 1. The van der Waals surface area contributed by atoms with Gasteiger partial charge in [0.05, 0.1) is 11.3 Å². The molecule has 0 N–H and O–H groups in total. The van der Waals surface area contributed by atoms with Crippen molar-refractivity contribution in [1.82, 2.24) is 15.0 Å². The first-order chi connectivity index (χ1) is 15.0. The largest absolute Gasteiger partial charge is 0.488 e. The zero-order chi connectivity index (χ0) is 21.8. The molecule has 0 bridgehead atoms. The minimum Gasteiger partial charge on any atom is -0.488 e. The molecular formula is C24H26FN3O3. The molecule has 1 saturated heterocycles. The van der Waals surface area contributed by atoms with E-state index in [9.17, 15) is 9.18 Å². The topological polar surface area (TPSA) is 58.8 Å². The predicted octanol–water partition coefficient (Wildman–Crippen LogP) is 3.97. The van der Waals surface area contributed by atoms with Gasteiger partial charge in [-0.2, -0.15) is 0 Å². The molecule has 3 aromatic rings. The molecule has 2 heterocycles. The number of aromatic nitrogens is 1. The maximum absolute atomic E-state index is 13.2. The molecule has 0 radical (unpaired) electrons. The maximum Gasteiger partial charge on any atom is 0.257 e. The number of halogens is 1. The summed E-state index contributed by atoms with van der Waals surface area (Å²) in [6, 6.07) is 13.4. The minimum atomic E-state index is -0.284. The molecule has 2 aromatic carbocycles. The highest BCUT2D eigenvalue weighted by atomic mass is 19.1. The van der Waals surface area contributed by atoms with E-state index < -0.39 is 0 Å². The molecule has 6 nitrogen and oxygen atoms in total. The van der Waals surface area contributed by atoms with E-state index in [-0.39, 0.29) is 18.3 Å². The number of hydrogen-bond donors (Lipinski definition) is 0. The van der Waals surface area contributed by atoms with Crippen LogP contribution in [0.15, 0.2) is 53.1 Å². The minimum absolute atomic E-state index is 0.0355. The highest BCUT2D eigenvalue weighted by Crippen LogP contribution is 2.23. The van der Waals surface area contributed by atoms with Crippen molar-refractivity contribution >= 4 is 5.91 Å². The van der Waals surface area contributed by atoms with Gasteiger partial charge >= 0.3 is 0 Å². The molecule has 162 valence electrons. The van der Waals surface area contributed by atoms with Crippen LogP contribution in [0.1, 0.15) is 32.9 Å². The number of benzene rings is 2. The fourth-order valence-corrected chi connectivity index (χ4v) is 3.74. The molecule has 0 saturated carbocycles. The van der Waals surface area contributed by atoms with E-state index in [1.165, 1.54) is 12.1 Å². The number of piperazine rings is 1. The van der Waals surface area contributed by atoms with Crippen LogP contribution < -0.4 is 4.74 Å². The van der Waals surface area contributed by atoms with Crippen LogP contribution in [0.2, 0.25) is 0 Å². The van der Waals surface area contributed by atoms with Crippen molar-refractivity contribution in [3.63, 3.8) is 0 Å². The Hall–Kier alpha value is -3.19. The Labute approximate surface area is 181 Å². The van der Waals surface area contributed by atoms with Gasteiger partial charge in [-0.05, 0) is 43.7 Å². The second-order valence-corrected chi connectivity index (χ2v) is 7.78. The highest BCUT2D eigenvalue weighted by Gasteiger charge is 2.25. The van der Waals surface area contributed by atoms with Crippen LogP contribution in [0.4, 0.5) is 4.39 Å². The summed E-state index contributed by atoms with van der Waals surface area (Å²) in [6.07, 6.45) is 0. The van der Waals surface area contributed by atoms with E-state index in [0.29, 0.717) is 24.4 Å². The van der Waals surface area contributed by atoms with E-state index in [0.717, 1.165) is 42.2 Å². The van der Waals surface area contributed by atoms with E-state index in [4.69, 9.17) is 9.26 Å². The maximum atomic E-state index is 13.2. The number of carbonyl (C=O) groups is 1. The van der Waals surface area contributed by atoms with E-state index in [1.54, 1.807) is 24.3 Å². The molecule has 1 fully saturated rings. The number of nitrogens with zero attached hydrogens (tertiary/aromatic N) is 3. The molecule has 7 heteroatoms. The zero-order valence-corrected chi connectivity index (χ0v) is 17.8. The zero-order valence-electron chi connectivity index (χ0n) is 17.8. The van der Waals surface area contributed by atoms with E-state index in [2.05, 4.69) is 10.1 Å². The molecular weight excluding hydrogens is 397 g/mol. The van der Waals surface area contributed by atoms with Gasteiger partial charge in [-0.25, -0.2) is 4.39 Å². The van der Waals surface area contributed by atoms with Gasteiger partial charge in [0.2, 0.25) is 0 Å². The fourth-order valence-electron chi connectivity index (χ4n) is 3.74. The van der Waals surface area contributed by atoms with Gasteiger partial charge in [-0.3, -0.25) is 9.69 Å². The third-order valence-corrected chi connectivity index (χ3v) is 5.65. The summed E-state index contributed by atoms with van der Waals surface area (Å²) < 4.78 is 24.2. The Balaban J connectivity index is 1.37. The van der Waals surface area contributed by atoms with Crippen molar-refractivity contribution in [3.8, 4) is 5.75 Å². The van der Waals surface area contributed by atoms with Gasteiger partial charge in [0.1, 0.15) is 23.9 Å². The number of amides is 1. The van der Waals surface area contributed by atoms with Gasteiger partial charge in [0, 0.05) is 38.3 Å². The van der Waals surface area contributed by atoms with Gasteiger partial charge in [-0.15, -0.1) is 0 Å². The van der Waals surface area contributed by atoms with Crippen molar-refractivity contribution in [1.29, 1.82) is 0 Å². The van der Waals surface area contributed by atoms with Gasteiger partial charge in [-0.1, -0.05) is 29.4 Å². The molecule has 0 spiro atoms. The number of para-hydroxylation sites is 1. The monoisotopic (exact) mass is 423 g/mol. The molecule has 0 aliphatic carbocycles. The van der Waals surface area contributed by atoms with Crippen LogP contribution >= 0.6 is 0 Å². The summed E-state index contributed by atoms with van der Waals surface area (Å²) >= 11 is 0. The van der Waals surface area contributed by atoms with Gasteiger partial charge in [0.25, 0.3) is 5.91 Å². The molecule has 31 heavy (non-hydrogen) atoms. The average molecular weight is 423 g/mol. The fraction of sp³-hybridized carbons (Fsp3) is 0.333. The summed E-state index contributed by atoms with van der Waals surface area (Å²) in [5, 5.41) is 4.02. The predicted molar refractivity (Wildman–Crippen MR) is 114 cm³/mol. The molecule has 0 atom stereocenters. The third kappa shape index (κ3) is 4.94. The Morgan fingerprint density at radius 3 is 2.45 bits per heavy atom. The lowest BCUT2D eigenvalue weighted by atomic mass is 10.1. The molecule has 1 aromatic heterocycles. The Bertz CT molecular complexity index is 1020. The van der Waals surface area contributed by atoms with Crippen molar-refractivity contribution in [2.75, 3.05) is 26.2 Å². The summed E-state index contributed by atoms with van der Waals surface area (Å²) in [7, 11) is 0. The highest BCUT2D eigenvalue weighted by molar-refractivity contribution is 5.97. The second kappa shape index (κ2) is 9.31. The smallest absolute Gasteiger partial charge is 0.257 e. The molecule has 0 unspecified atom stereocenters. The summed E-state index contributed by atoms with van der Waals surface area (Å²) in [5.74, 6) is 1.07. The molecule has 4 rings (SSSR count). The van der Waals surface area contributed by atoms with Crippen LogP contribution in [0, 0.1) is 19.7 Å². The first-order valence-corrected chi connectivity index (χ1v) is 10.4. The van der Waals surface area contributed by atoms with Crippen molar-refractivity contribution in [3.05, 3.63) is 82.5 Å². The summed E-state index contributed by atoms with van der Waals surface area (Å²) in [4.78, 5) is 17.3. The SMILES string of the molecule is Cc1noc(C)c1CN1CCN(C(=O)c2ccccc2OCc2ccc(F)cc2)CC1. The first-order valence-electron chi connectivity index (χ1n) is 10.4. The van der Waals surface area contributed by atoms with Crippen LogP contribution in [0.5, 0.6) is 5.75 Å². The Morgan fingerprint density at radius 1 is 1.06 bits per heavy atom. The average Bonchev–Trinajstić information content (AvgIpc) is 3.11. The van der Waals surface area contributed by atoms with Crippen LogP contribution in [-0.2, 0) is 13.2 Å². The lowest BCUT2D eigenvalue weighted by molar-refractivity contribution is 0.0623. The van der Waals surface area contributed by atoms with Gasteiger partial charge < -0.3 is 14.2 Å². The van der Waals surface area contributed by atoms with E-state index in [1.807, 2.05) is 30.9 Å². The number of hydrogen-bond acceptors (Lipinski definition) is 5. The number of aryl methyl sites for hydroxylation is 2. The van der Waals surface area contributed by atoms with Crippen molar-refractivity contribution in [2.24, 2.45) is 0 Å². The van der Waals surface area contributed by atoms with Crippen molar-refractivity contribution < 1.29 is 18.4 Å². The van der Waals surface area contributed by atoms with E-state index >= 15 is 0 Å². The Morgan fingerprint density at radius 2 is 1.77 bits per heavy atom. The van der Waals surface area contributed by atoms with Gasteiger partial charge in [0.15, 0.2) is 0 Å². The van der Waals surface area contributed by atoms with Crippen LogP contribution in [0.25, 0.3) is 0 Å². The number of carbonyl (C=O) groups excluding carboxylic acids is 1. The third-order valence-electron chi connectivity index (χ3n) is 5.65. The summed E-state index contributed by atoms with van der Waals surface area (Å²) in [5.41, 5.74) is 3.43. The number of rotatable bonds is 6. The lowest BCUT2D eigenvalue weighted by Crippen LogP contribution is -2.48. The van der Waals surface area contributed by atoms with Crippen LogP contribution in [0.3, 0.4) is 0 Å². The quantitative estimate of drug-likeness (QED) is 0.601. The molecule has 1 amide bonds. The van der Waals surface area contributed by atoms with Crippen molar-refractivity contribution in [2.45, 2.75) is 27.0 Å².